The minimum Gasteiger partial charge on any atom is -0.490 e. The number of halogens is 1. The van der Waals surface area contributed by atoms with Gasteiger partial charge in [0.05, 0.1) is 43.3 Å². The normalized spacial score (nSPS) is 31.5. The zero-order valence-corrected chi connectivity index (χ0v) is 30.5. The molecule has 3 amide bonds. The number of hydrogen-bond donors (Lipinski definition) is 2. The number of aliphatic hydroxyl groups is 1. The van der Waals surface area contributed by atoms with Crippen LogP contribution in [-0.4, -0.2) is 84.0 Å². The fraction of sp³-hybridized carbons (Fsp3) is 0.568. The summed E-state index contributed by atoms with van der Waals surface area (Å²) in [5.74, 6) is -0.132. The van der Waals surface area contributed by atoms with E-state index in [-0.39, 0.29) is 40.6 Å². The number of hydrogen-bond acceptors (Lipinski definition) is 7. The van der Waals surface area contributed by atoms with E-state index in [1.54, 1.807) is 25.3 Å². The highest BCUT2D eigenvalue weighted by atomic mass is 35.5. The third kappa shape index (κ3) is 7.65. The van der Waals surface area contributed by atoms with Crippen LogP contribution in [0.5, 0.6) is 5.75 Å². The van der Waals surface area contributed by atoms with Crippen molar-refractivity contribution in [1.29, 1.82) is 0 Å². The Bertz CT molecular complexity index is 1720. The monoisotopic (exact) mass is 712 g/mol. The van der Waals surface area contributed by atoms with Crippen molar-refractivity contribution in [1.82, 2.24) is 9.62 Å². The zero-order chi connectivity index (χ0) is 34.9. The van der Waals surface area contributed by atoms with Crippen molar-refractivity contribution in [3.05, 3.63) is 70.3 Å². The number of likely N-dealkylation sites (tertiary alicyclic amines) is 1. The van der Waals surface area contributed by atoms with Gasteiger partial charge in [0.15, 0.2) is 0 Å². The predicted molar refractivity (Wildman–Crippen MR) is 193 cm³/mol. The van der Waals surface area contributed by atoms with Gasteiger partial charge in [0.2, 0.25) is 0 Å². The average molecular weight is 713 g/mol. The number of ether oxygens (including phenoxy) is 2. The first-order chi connectivity index (χ1) is 23.4. The molecule has 12 heteroatoms. The van der Waals surface area contributed by atoms with E-state index in [1.807, 2.05) is 25.1 Å². The van der Waals surface area contributed by atoms with E-state index in [1.165, 1.54) is 16.0 Å². The van der Waals surface area contributed by atoms with Gasteiger partial charge in [-0.15, -0.1) is 4.36 Å². The molecule has 49 heavy (non-hydrogen) atoms. The Morgan fingerprint density at radius 1 is 1.20 bits per heavy atom. The molecule has 6 rings (SSSR count). The number of rotatable bonds is 3. The minimum atomic E-state index is -3.51. The zero-order valence-electron chi connectivity index (χ0n) is 28.9. The maximum absolute atomic E-state index is 14.3. The molecule has 2 N–H and O–H groups in total. The van der Waals surface area contributed by atoms with E-state index in [0.717, 1.165) is 36.4 Å². The number of methoxy groups -OCH3 is 1. The number of aryl methyl sites for hydroxylation is 1. The molecule has 2 aromatic rings. The second kappa shape index (κ2) is 14.6. The standard InChI is InChI=1S/C37H49ClN4O6S/c1-5-26-18-42-22-37(15-7-9-27-16-29(38)12-13-31(27)37)23-48-34-14-11-28(17-32(34)42)35(44)39-49(46,40-36(45)41-19-30(20-41)47-4)21-24(2)8-6-10-33(43)25(26)3/h6,10-14,16-17,24-26,30,33,43H,5,7-9,15,18-23H2,1-4H3,(H,39,40,44,45,46)/b10-6+/t24-,25+,26-,33-,37-,49?/m0/s1. The number of amides is 3. The van der Waals surface area contributed by atoms with Crippen LogP contribution in [0.15, 0.2) is 52.9 Å². The molecule has 3 heterocycles. The third-order valence-corrected chi connectivity index (χ3v) is 13.1. The fourth-order valence-electron chi connectivity index (χ4n) is 7.80. The average Bonchev–Trinajstić information content (AvgIpc) is 3.18. The molecule has 0 radical (unpaired) electrons. The van der Waals surface area contributed by atoms with E-state index in [9.17, 15) is 18.9 Å². The van der Waals surface area contributed by atoms with E-state index in [2.05, 4.69) is 40.0 Å². The fourth-order valence-corrected chi connectivity index (χ4v) is 9.88. The summed E-state index contributed by atoms with van der Waals surface area (Å²) < 4.78 is 33.1. The van der Waals surface area contributed by atoms with Gasteiger partial charge in [-0.3, -0.25) is 9.52 Å². The summed E-state index contributed by atoms with van der Waals surface area (Å²) >= 11 is 6.43. The predicted octanol–water partition coefficient (Wildman–Crippen LogP) is 6.00. The third-order valence-electron chi connectivity index (χ3n) is 10.9. The highest BCUT2D eigenvalue weighted by Crippen LogP contribution is 2.45. The second-order valence-corrected chi connectivity index (χ2v) is 16.9. The summed E-state index contributed by atoms with van der Waals surface area (Å²) in [5, 5.41) is 12.1. The number of carbonyl (C=O) groups is 2. The molecule has 3 aliphatic heterocycles. The number of nitrogens with one attached hydrogen (secondary N) is 1. The van der Waals surface area contributed by atoms with Crippen molar-refractivity contribution in [3.63, 3.8) is 0 Å². The SMILES string of the molecule is CC[C@H]1CN2C[C@@]3(CCCc4cc(Cl)ccc43)COc3ccc(cc32)C(=O)N=S(=O)(NC(=O)N2CC(OC)C2)C[C@@H](C)C/C=C/[C@H](O)[C@@H]1C. The van der Waals surface area contributed by atoms with Gasteiger partial charge in [-0.05, 0) is 84.9 Å². The lowest BCUT2D eigenvalue weighted by Gasteiger charge is -2.42. The number of allylic oxidation sites excluding steroid dienone is 1. The molecule has 6 atom stereocenters. The van der Waals surface area contributed by atoms with Crippen molar-refractivity contribution in [2.75, 3.05) is 50.5 Å². The second-order valence-electron chi connectivity index (χ2n) is 14.4. The first-order valence-corrected chi connectivity index (χ1v) is 19.5. The number of anilines is 1. The molecule has 1 aliphatic carbocycles. The largest absolute Gasteiger partial charge is 0.490 e. The Labute approximate surface area is 295 Å². The van der Waals surface area contributed by atoms with Gasteiger partial charge in [-0.25, -0.2) is 9.00 Å². The smallest absolute Gasteiger partial charge is 0.330 e. The van der Waals surface area contributed by atoms with Crippen LogP contribution in [0.25, 0.3) is 0 Å². The van der Waals surface area contributed by atoms with Gasteiger partial charge in [-0.2, -0.15) is 0 Å². The molecule has 4 aliphatic rings. The Hall–Kier alpha value is -3.12. The maximum atomic E-state index is 14.3. The van der Waals surface area contributed by atoms with Crippen LogP contribution < -0.4 is 14.4 Å². The van der Waals surface area contributed by atoms with Crippen LogP contribution in [0.1, 0.15) is 67.9 Å². The molecule has 266 valence electrons. The number of fused-ring (bicyclic) bond motifs is 3. The van der Waals surface area contributed by atoms with Crippen LogP contribution in [0, 0.1) is 17.8 Å². The number of urea groups is 1. The lowest BCUT2D eigenvalue weighted by Crippen LogP contribution is -2.58. The molecule has 2 aromatic carbocycles. The minimum absolute atomic E-state index is 0.0221. The Morgan fingerprint density at radius 2 is 2.00 bits per heavy atom. The van der Waals surface area contributed by atoms with Gasteiger partial charge < -0.3 is 24.4 Å². The summed E-state index contributed by atoms with van der Waals surface area (Å²) in [6, 6.07) is 10.9. The number of nitrogens with zero attached hydrogens (tertiary/aromatic N) is 3. The van der Waals surface area contributed by atoms with Crippen LogP contribution in [-0.2, 0) is 26.5 Å². The summed E-state index contributed by atoms with van der Waals surface area (Å²) in [6.07, 6.45) is 7.23. The molecule has 1 saturated heterocycles. The molecular formula is C37H49ClN4O6S. The van der Waals surface area contributed by atoms with Crippen LogP contribution in [0.4, 0.5) is 10.5 Å². The van der Waals surface area contributed by atoms with Crippen molar-refractivity contribution >= 4 is 39.1 Å². The molecule has 10 nitrogen and oxygen atoms in total. The van der Waals surface area contributed by atoms with Gasteiger partial charge in [0, 0.05) is 36.2 Å². The van der Waals surface area contributed by atoms with Gasteiger partial charge >= 0.3 is 6.03 Å². The Kier molecular flexibility index (Phi) is 10.7. The highest BCUT2D eigenvalue weighted by molar-refractivity contribution is 7.92. The summed E-state index contributed by atoms with van der Waals surface area (Å²) in [4.78, 5) is 30.8. The topological polar surface area (TPSA) is 121 Å². The lowest BCUT2D eigenvalue weighted by atomic mass is 9.70. The van der Waals surface area contributed by atoms with Gasteiger partial charge in [0.25, 0.3) is 5.91 Å². The highest BCUT2D eigenvalue weighted by Gasteiger charge is 2.43. The Morgan fingerprint density at radius 3 is 2.76 bits per heavy atom. The van der Waals surface area contributed by atoms with Crippen LogP contribution in [0.3, 0.4) is 0 Å². The molecular weight excluding hydrogens is 664 g/mol. The van der Waals surface area contributed by atoms with E-state index < -0.39 is 28.0 Å². The quantitative estimate of drug-likeness (QED) is 0.375. The van der Waals surface area contributed by atoms with E-state index >= 15 is 0 Å². The van der Waals surface area contributed by atoms with E-state index in [0.29, 0.717) is 45.0 Å². The Balaban J connectivity index is 1.42. The molecule has 1 spiro atoms. The van der Waals surface area contributed by atoms with Crippen LogP contribution in [0.2, 0.25) is 5.02 Å². The number of aliphatic hydroxyl groups excluding tert-OH is 1. The first kappa shape index (κ1) is 35.7. The summed E-state index contributed by atoms with van der Waals surface area (Å²) in [7, 11) is -1.92. The summed E-state index contributed by atoms with van der Waals surface area (Å²) in [5.41, 5.74) is 3.20. The molecule has 0 saturated carbocycles. The van der Waals surface area contributed by atoms with Crippen molar-refractivity contribution in [3.8, 4) is 5.75 Å². The van der Waals surface area contributed by atoms with Crippen molar-refractivity contribution < 1.29 is 28.4 Å². The molecule has 1 fully saturated rings. The number of carbonyl (C=O) groups excluding carboxylic acids is 2. The molecule has 0 aromatic heterocycles. The van der Waals surface area contributed by atoms with E-state index in [4.69, 9.17) is 21.1 Å². The van der Waals surface area contributed by atoms with Crippen molar-refractivity contribution in [2.45, 2.75) is 70.5 Å². The maximum Gasteiger partial charge on any atom is 0.330 e. The van der Waals surface area contributed by atoms with Crippen molar-refractivity contribution in [2.24, 2.45) is 22.1 Å². The molecule has 1 unspecified atom stereocenters. The lowest BCUT2D eigenvalue weighted by molar-refractivity contribution is -0.00645. The van der Waals surface area contributed by atoms with Crippen LogP contribution >= 0.6 is 11.6 Å². The number of benzene rings is 2. The first-order valence-electron chi connectivity index (χ1n) is 17.5. The summed E-state index contributed by atoms with van der Waals surface area (Å²) in [6.45, 7) is 8.65. The van der Waals surface area contributed by atoms with Gasteiger partial charge in [0.1, 0.15) is 15.7 Å². The van der Waals surface area contributed by atoms with Gasteiger partial charge in [-0.1, -0.05) is 57.0 Å². The molecule has 2 bridgehead atoms.